The summed E-state index contributed by atoms with van der Waals surface area (Å²) < 4.78 is 2.13. The molecule has 19 heavy (non-hydrogen) atoms. The minimum atomic E-state index is 0.733. The van der Waals surface area contributed by atoms with Crippen molar-refractivity contribution in [3.8, 4) is 0 Å². The summed E-state index contributed by atoms with van der Waals surface area (Å²) in [5, 5.41) is 3.22. The second-order valence-corrected chi connectivity index (χ2v) is 4.54. The van der Waals surface area contributed by atoms with Crippen LogP contribution in [0.5, 0.6) is 0 Å². The third kappa shape index (κ3) is 3.77. The monoisotopic (exact) mass is 259 g/mol. The average molecular weight is 259 g/mol. The molecule has 0 radical (unpaired) electrons. The average Bonchev–Trinajstić information content (AvgIpc) is 2.86. The molecule has 0 unspecified atom stereocenters. The van der Waals surface area contributed by atoms with E-state index in [1.165, 1.54) is 0 Å². The van der Waals surface area contributed by atoms with E-state index >= 15 is 0 Å². The number of imidazole rings is 1. The number of hydrogen-bond donors (Lipinski definition) is 1. The van der Waals surface area contributed by atoms with Gasteiger partial charge in [0, 0.05) is 25.4 Å². The van der Waals surface area contributed by atoms with Gasteiger partial charge in [0.15, 0.2) is 0 Å². The fraction of sp³-hybridized carbons (Fsp3) is 0.500. The molecule has 0 aliphatic rings. The summed E-state index contributed by atoms with van der Waals surface area (Å²) in [6.45, 7) is 5.95. The molecule has 0 aromatic carbocycles. The molecule has 2 aromatic heterocycles. The smallest absolute Gasteiger partial charge is 0.144 e. The number of nitrogens with one attached hydrogen (secondary N) is 1. The Morgan fingerprint density at radius 3 is 2.68 bits per heavy atom. The van der Waals surface area contributed by atoms with Crippen LogP contribution >= 0.6 is 0 Å². The lowest BCUT2D eigenvalue weighted by atomic mass is 10.3. The van der Waals surface area contributed by atoms with Crippen molar-refractivity contribution in [2.24, 2.45) is 0 Å². The van der Waals surface area contributed by atoms with E-state index in [4.69, 9.17) is 0 Å². The largest absolute Gasteiger partial charge is 0.369 e. The Morgan fingerprint density at radius 1 is 1.11 bits per heavy atom. The first kappa shape index (κ1) is 13.5. The first-order chi connectivity index (χ1) is 9.33. The molecule has 0 aliphatic carbocycles. The van der Waals surface area contributed by atoms with Crippen LogP contribution in [0.3, 0.4) is 0 Å². The molecule has 0 saturated heterocycles. The van der Waals surface area contributed by atoms with E-state index in [1.807, 2.05) is 18.6 Å². The number of anilines is 1. The van der Waals surface area contributed by atoms with Gasteiger partial charge in [-0.2, -0.15) is 0 Å². The molecule has 2 rings (SSSR count). The third-order valence-corrected chi connectivity index (χ3v) is 2.87. The van der Waals surface area contributed by atoms with E-state index < -0.39 is 0 Å². The summed E-state index contributed by atoms with van der Waals surface area (Å²) in [6.07, 6.45) is 10.6. The van der Waals surface area contributed by atoms with Gasteiger partial charge in [-0.1, -0.05) is 13.8 Å². The molecule has 0 amide bonds. The Morgan fingerprint density at radius 2 is 2.00 bits per heavy atom. The minimum absolute atomic E-state index is 0.733. The van der Waals surface area contributed by atoms with Crippen molar-refractivity contribution < 1.29 is 0 Å². The van der Waals surface area contributed by atoms with Gasteiger partial charge in [0.05, 0.1) is 24.6 Å². The van der Waals surface area contributed by atoms with Gasteiger partial charge in [0.1, 0.15) is 11.6 Å². The van der Waals surface area contributed by atoms with Crippen molar-refractivity contribution in [1.29, 1.82) is 0 Å². The van der Waals surface area contributed by atoms with Crippen molar-refractivity contribution in [1.82, 2.24) is 19.5 Å². The van der Waals surface area contributed by atoms with Crippen molar-refractivity contribution in [3.05, 3.63) is 36.3 Å². The van der Waals surface area contributed by atoms with Crippen LogP contribution in [0.1, 0.15) is 38.2 Å². The predicted molar refractivity (Wildman–Crippen MR) is 76.1 cm³/mol. The van der Waals surface area contributed by atoms with Gasteiger partial charge in [-0.3, -0.25) is 4.98 Å². The van der Waals surface area contributed by atoms with E-state index in [9.17, 15) is 0 Å². The Bertz CT molecular complexity index is 489. The van der Waals surface area contributed by atoms with Gasteiger partial charge >= 0.3 is 0 Å². The molecule has 0 spiro atoms. The van der Waals surface area contributed by atoms with Gasteiger partial charge in [-0.25, -0.2) is 9.97 Å². The maximum Gasteiger partial charge on any atom is 0.144 e. The summed E-state index contributed by atoms with van der Waals surface area (Å²) in [6, 6.07) is 0. The van der Waals surface area contributed by atoms with Crippen molar-refractivity contribution in [2.45, 2.75) is 39.7 Å². The normalized spacial score (nSPS) is 10.6. The second kappa shape index (κ2) is 6.87. The summed E-state index contributed by atoms with van der Waals surface area (Å²) in [5.41, 5.74) is 0.956. The Kier molecular flexibility index (Phi) is 4.89. The van der Waals surface area contributed by atoms with Crippen molar-refractivity contribution in [2.75, 3.05) is 11.9 Å². The molecule has 0 saturated carbocycles. The second-order valence-electron chi connectivity index (χ2n) is 4.54. The number of nitrogens with zero attached hydrogens (tertiary/aromatic N) is 4. The molecule has 2 heterocycles. The van der Waals surface area contributed by atoms with E-state index in [2.05, 4.69) is 38.7 Å². The van der Waals surface area contributed by atoms with E-state index in [1.54, 1.807) is 6.20 Å². The van der Waals surface area contributed by atoms with Crippen LogP contribution in [-0.4, -0.2) is 26.1 Å². The van der Waals surface area contributed by atoms with Crippen LogP contribution in [0.4, 0.5) is 5.82 Å². The van der Waals surface area contributed by atoms with E-state index in [0.717, 1.165) is 49.7 Å². The Labute approximate surface area is 114 Å². The molecular weight excluding hydrogens is 238 g/mol. The molecule has 0 bridgehead atoms. The molecule has 2 aromatic rings. The van der Waals surface area contributed by atoms with Crippen LogP contribution < -0.4 is 5.32 Å². The quantitative estimate of drug-likeness (QED) is 0.830. The fourth-order valence-corrected chi connectivity index (χ4v) is 1.89. The highest BCUT2D eigenvalue weighted by Crippen LogP contribution is 2.06. The summed E-state index contributed by atoms with van der Waals surface area (Å²) in [7, 11) is 0. The molecule has 5 heteroatoms. The molecule has 0 aliphatic heterocycles. The maximum atomic E-state index is 4.43. The van der Waals surface area contributed by atoms with Gasteiger partial charge in [0.2, 0.25) is 0 Å². The predicted octanol–water partition coefficient (Wildman–Crippen LogP) is 2.50. The minimum Gasteiger partial charge on any atom is -0.369 e. The molecule has 0 fully saturated rings. The first-order valence-electron chi connectivity index (χ1n) is 6.88. The maximum absolute atomic E-state index is 4.43. The zero-order chi connectivity index (χ0) is 13.5. The topological polar surface area (TPSA) is 55.6 Å². The molecule has 102 valence electrons. The summed E-state index contributed by atoms with van der Waals surface area (Å²) in [4.78, 5) is 13.2. The Balaban J connectivity index is 2.00. The van der Waals surface area contributed by atoms with E-state index in [-0.39, 0.29) is 0 Å². The summed E-state index contributed by atoms with van der Waals surface area (Å²) in [5.74, 6) is 1.95. The Hall–Kier alpha value is -1.91. The number of aromatic nitrogens is 4. The van der Waals surface area contributed by atoms with Gasteiger partial charge in [-0.05, 0) is 12.8 Å². The highest BCUT2D eigenvalue weighted by Gasteiger charge is 2.04. The lowest BCUT2D eigenvalue weighted by Crippen LogP contribution is -2.07. The standard InChI is InChI=1S/C14H21N5/c1-3-5-14-16-7-8-19(14)11-12-9-18-13(10-17-12)15-6-4-2/h7-10H,3-6,11H2,1-2H3,(H,15,18). The van der Waals surface area contributed by atoms with Crippen LogP contribution in [0.15, 0.2) is 24.8 Å². The fourth-order valence-electron chi connectivity index (χ4n) is 1.89. The summed E-state index contributed by atoms with van der Waals surface area (Å²) >= 11 is 0. The highest BCUT2D eigenvalue weighted by atomic mass is 15.1. The number of aryl methyl sites for hydroxylation is 1. The van der Waals surface area contributed by atoms with Crippen LogP contribution in [0, 0.1) is 0 Å². The van der Waals surface area contributed by atoms with Crippen LogP contribution in [0.2, 0.25) is 0 Å². The molecule has 5 nitrogen and oxygen atoms in total. The third-order valence-electron chi connectivity index (χ3n) is 2.87. The van der Waals surface area contributed by atoms with Gasteiger partial charge in [-0.15, -0.1) is 0 Å². The van der Waals surface area contributed by atoms with Gasteiger partial charge in [0.25, 0.3) is 0 Å². The zero-order valence-electron chi connectivity index (χ0n) is 11.6. The van der Waals surface area contributed by atoms with Crippen LogP contribution in [0.25, 0.3) is 0 Å². The van der Waals surface area contributed by atoms with Crippen molar-refractivity contribution in [3.63, 3.8) is 0 Å². The SMILES string of the molecule is CCCNc1cnc(Cn2ccnc2CCC)cn1. The molecule has 1 N–H and O–H groups in total. The van der Waals surface area contributed by atoms with E-state index in [0.29, 0.717) is 0 Å². The molecular formula is C14H21N5. The number of rotatable bonds is 7. The highest BCUT2D eigenvalue weighted by molar-refractivity contribution is 5.30. The number of hydrogen-bond acceptors (Lipinski definition) is 4. The van der Waals surface area contributed by atoms with Gasteiger partial charge < -0.3 is 9.88 Å². The molecule has 0 atom stereocenters. The lowest BCUT2D eigenvalue weighted by molar-refractivity contribution is 0.691. The first-order valence-corrected chi connectivity index (χ1v) is 6.88. The lowest BCUT2D eigenvalue weighted by Gasteiger charge is -2.07. The zero-order valence-corrected chi connectivity index (χ0v) is 11.6. The van der Waals surface area contributed by atoms with Crippen molar-refractivity contribution >= 4 is 5.82 Å². The van der Waals surface area contributed by atoms with Crippen LogP contribution in [-0.2, 0) is 13.0 Å².